The summed E-state index contributed by atoms with van der Waals surface area (Å²) in [7, 11) is 2.04. The van der Waals surface area contributed by atoms with Crippen molar-refractivity contribution >= 4 is 0 Å². The van der Waals surface area contributed by atoms with E-state index in [2.05, 4.69) is 26.3 Å². The van der Waals surface area contributed by atoms with Crippen LogP contribution in [0.5, 0.6) is 0 Å². The molecule has 2 atom stereocenters. The van der Waals surface area contributed by atoms with Gasteiger partial charge in [-0.2, -0.15) is 0 Å². The molecule has 1 fully saturated rings. The molecule has 0 unspecified atom stereocenters. The molecule has 0 amide bonds. The van der Waals surface area contributed by atoms with E-state index in [9.17, 15) is 5.11 Å². The van der Waals surface area contributed by atoms with Crippen molar-refractivity contribution in [3.05, 3.63) is 54.1 Å². The number of piperazine rings is 1. The van der Waals surface area contributed by atoms with Gasteiger partial charge in [0, 0.05) is 51.7 Å². The molecule has 0 radical (unpaired) electrons. The number of aryl methyl sites for hydroxylation is 1. The molecule has 1 aromatic carbocycles. The zero-order chi connectivity index (χ0) is 17.2. The minimum atomic E-state index is -0.817. The molecule has 0 bridgehead atoms. The van der Waals surface area contributed by atoms with E-state index in [0.29, 0.717) is 12.6 Å². The highest BCUT2D eigenvalue weighted by atomic mass is 16.3. The number of aliphatic hydroxyl groups is 1. The molecular weight excluding hydrogens is 300 g/mol. The fourth-order valence-electron chi connectivity index (χ4n) is 3.50. The maximum absolute atomic E-state index is 10.9. The van der Waals surface area contributed by atoms with Crippen molar-refractivity contribution in [1.29, 1.82) is 0 Å². The lowest BCUT2D eigenvalue weighted by atomic mass is 9.95. The van der Waals surface area contributed by atoms with Gasteiger partial charge in [0.2, 0.25) is 0 Å². The lowest BCUT2D eigenvalue weighted by molar-refractivity contribution is -0.0130. The van der Waals surface area contributed by atoms with Crippen molar-refractivity contribution in [2.24, 2.45) is 7.05 Å². The van der Waals surface area contributed by atoms with Gasteiger partial charge in [0.05, 0.1) is 12.1 Å². The lowest BCUT2D eigenvalue weighted by Gasteiger charge is -2.42. The molecule has 5 heteroatoms. The molecule has 1 aliphatic rings. The van der Waals surface area contributed by atoms with E-state index in [1.807, 2.05) is 56.7 Å². The van der Waals surface area contributed by atoms with Crippen molar-refractivity contribution in [1.82, 2.24) is 19.4 Å². The summed E-state index contributed by atoms with van der Waals surface area (Å²) in [6.07, 6.45) is 3.85. The van der Waals surface area contributed by atoms with Crippen LogP contribution < -0.4 is 0 Å². The molecular formula is C19H28N4O. The summed E-state index contributed by atoms with van der Waals surface area (Å²) < 4.78 is 2.08. The van der Waals surface area contributed by atoms with Crippen molar-refractivity contribution < 1.29 is 5.11 Å². The normalized spacial score (nSPS) is 22.4. The Morgan fingerprint density at radius 2 is 2.00 bits per heavy atom. The maximum atomic E-state index is 10.9. The third-order valence-electron chi connectivity index (χ3n) is 5.04. The quantitative estimate of drug-likeness (QED) is 0.909. The molecule has 0 aliphatic carbocycles. The lowest BCUT2D eigenvalue weighted by Crippen LogP contribution is -2.54. The summed E-state index contributed by atoms with van der Waals surface area (Å²) in [5.41, 5.74) is 0.163. The molecule has 1 aromatic heterocycles. The predicted octanol–water partition coefficient (Wildman–Crippen LogP) is 1.83. The summed E-state index contributed by atoms with van der Waals surface area (Å²) in [6.45, 7) is 8.65. The molecule has 2 aromatic rings. The molecule has 1 saturated heterocycles. The SMILES string of the molecule is C[C@H]1CN(C[C@](C)(O)c2ccccc2)CCN1Cc1nccn1C. The van der Waals surface area contributed by atoms with Gasteiger partial charge in [-0.25, -0.2) is 4.98 Å². The van der Waals surface area contributed by atoms with Gasteiger partial charge in [-0.15, -0.1) is 0 Å². The van der Waals surface area contributed by atoms with E-state index in [1.54, 1.807) is 0 Å². The fourth-order valence-corrected chi connectivity index (χ4v) is 3.50. The van der Waals surface area contributed by atoms with Crippen LogP contribution in [0.25, 0.3) is 0 Å². The summed E-state index contributed by atoms with van der Waals surface area (Å²) >= 11 is 0. The van der Waals surface area contributed by atoms with Gasteiger partial charge < -0.3 is 9.67 Å². The zero-order valence-corrected chi connectivity index (χ0v) is 14.9. The first-order valence-electron chi connectivity index (χ1n) is 8.66. The Bertz CT molecular complexity index is 652. The highest BCUT2D eigenvalue weighted by Crippen LogP contribution is 2.23. The second kappa shape index (κ2) is 7.05. The first-order valence-corrected chi connectivity index (χ1v) is 8.66. The van der Waals surface area contributed by atoms with Crippen LogP contribution in [0.2, 0.25) is 0 Å². The van der Waals surface area contributed by atoms with Gasteiger partial charge in [0.1, 0.15) is 5.82 Å². The highest BCUT2D eigenvalue weighted by Gasteiger charge is 2.31. The molecule has 2 heterocycles. The Morgan fingerprint density at radius 3 is 2.62 bits per heavy atom. The summed E-state index contributed by atoms with van der Waals surface area (Å²) in [6, 6.07) is 10.4. The van der Waals surface area contributed by atoms with Crippen LogP contribution in [0.3, 0.4) is 0 Å². The Labute approximate surface area is 144 Å². The number of hydrogen-bond acceptors (Lipinski definition) is 4. The van der Waals surface area contributed by atoms with Gasteiger partial charge in [-0.05, 0) is 19.4 Å². The van der Waals surface area contributed by atoms with E-state index < -0.39 is 5.60 Å². The van der Waals surface area contributed by atoms with Gasteiger partial charge in [0.25, 0.3) is 0 Å². The van der Waals surface area contributed by atoms with E-state index in [1.165, 1.54) is 0 Å². The molecule has 1 aliphatic heterocycles. The third kappa shape index (κ3) is 3.86. The molecule has 0 saturated carbocycles. The highest BCUT2D eigenvalue weighted by molar-refractivity contribution is 5.21. The number of β-amino-alcohol motifs (C(OH)–C–C–N with tert-alkyl or cyclic N) is 1. The van der Waals surface area contributed by atoms with E-state index in [4.69, 9.17) is 0 Å². The molecule has 24 heavy (non-hydrogen) atoms. The monoisotopic (exact) mass is 328 g/mol. The molecule has 0 spiro atoms. The average Bonchev–Trinajstić information content (AvgIpc) is 2.96. The van der Waals surface area contributed by atoms with Gasteiger partial charge in [-0.1, -0.05) is 30.3 Å². The van der Waals surface area contributed by atoms with Crippen LogP contribution in [-0.4, -0.2) is 56.7 Å². The minimum absolute atomic E-state index is 0.446. The van der Waals surface area contributed by atoms with Crippen LogP contribution in [0, 0.1) is 0 Å². The van der Waals surface area contributed by atoms with Crippen molar-refractivity contribution in [3.63, 3.8) is 0 Å². The standard InChI is InChI=1S/C19H28N4O/c1-16-13-22(15-19(2,24)17-7-5-4-6-8-17)11-12-23(16)14-18-20-9-10-21(18)3/h4-10,16,24H,11-15H2,1-3H3/t16-,19-/m0/s1. The first kappa shape index (κ1) is 17.1. The van der Waals surface area contributed by atoms with Crippen LogP contribution >= 0.6 is 0 Å². The number of hydrogen-bond donors (Lipinski definition) is 1. The number of aromatic nitrogens is 2. The molecule has 130 valence electrons. The van der Waals surface area contributed by atoms with E-state index >= 15 is 0 Å². The Morgan fingerprint density at radius 1 is 1.25 bits per heavy atom. The number of benzene rings is 1. The van der Waals surface area contributed by atoms with E-state index in [-0.39, 0.29) is 0 Å². The zero-order valence-electron chi connectivity index (χ0n) is 14.9. The van der Waals surface area contributed by atoms with Crippen LogP contribution in [0.15, 0.2) is 42.7 Å². The minimum Gasteiger partial charge on any atom is -0.384 e. The molecule has 5 nitrogen and oxygen atoms in total. The number of imidazole rings is 1. The largest absolute Gasteiger partial charge is 0.384 e. The Balaban J connectivity index is 1.58. The fraction of sp³-hybridized carbons (Fsp3) is 0.526. The summed E-state index contributed by atoms with van der Waals surface area (Å²) in [5, 5.41) is 10.9. The van der Waals surface area contributed by atoms with Crippen molar-refractivity contribution in [2.75, 3.05) is 26.2 Å². The van der Waals surface area contributed by atoms with E-state index in [0.717, 1.165) is 37.6 Å². The molecule has 3 rings (SSSR count). The van der Waals surface area contributed by atoms with Gasteiger partial charge >= 0.3 is 0 Å². The second-order valence-corrected chi connectivity index (χ2v) is 7.15. The summed E-state index contributed by atoms with van der Waals surface area (Å²) in [5.74, 6) is 1.10. The second-order valence-electron chi connectivity index (χ2n) is 7.15. The predicted molar refractivity (Wildman–Crippen MR) is 95.5 cm³/mol. The molecule has 1 N–H and O–H groups in total. The number of nitrogens with zero attached hydrogens (tertiary/aromatic N) is 4. The Hall–Kier alpha value is -1.69. The maximum Gasteiger partial charge on any atom is 0.122 e. The number of rotatable bonds is 5. The van der Waals surface area contributed by atoms with Gasteiger partial charge in [0.15, 0.2) is 0 Å². The smallest absolute Gasteiger partial charge is 0.122 e. The van der Waals surface area contributed by atoms with Crippen LogP contribution in [-0.2, 0) is 19.2 Å². The third-order valence-corrected chi connectivity index (χ3v) is 5.04. The average molecular weight is 328 g/mol. The van der Waals surface area contributed by atoms with Crippen molar-refractivity contribution in [2.45, 2.75) is 32.0 Å². The Kier molecular flexibility index (Phi) is 5.04. The van der Waals surface area contributed by atoms with Crippen LogP contribution in [0.4, 0.5) is 0 Å². The summed E-state index contributed by atoms with van der Waals surface area (Å²) in [4.78, 5) is 9.27. The van der Waals surface area contributed by atoms with Crippen molar-refractivity contribution in [3.8, 4) is 0 Å². The van der Waals surface area contributed by atoms with Crippen LogP contribution in [0.1, 0.15) is 25.2 Å². The topological polar surface area (TPSA) is 44.5 Å². The van der Waals surface area contributed by atoms with Gasteiger partial charge in [-0.3, -0.25) is 9.80 Å². The first-order chi connectivity index (χ1) is 11.5.